The first kappa shape index (κ1) is 19.9. The van der Waals surface area contributed by atoms with Gasteiger partial charge in [-0.3, -0.25) is 0 Å². The standard InChI is InChI=1S/C17H37NO2/c1-18(2)15-13-11-9-7-5-3-4-6-8-10-12-14-17(20)16-19/h17,19-20H,3-16H2,1-2H3. The molecule has 3 heteroatoms. The summed E-state index contributed by atoms with van der Waals surface area (Å²) in [5.41, 5.74) is 0. The van der Waals surface area contributed by atoms with Crippen molar-refractivity contribution in [1.82, 2.24) is 4.90 Å². The predicted molar refractivity (Wildman–Crippen MR) is 87.1 cm³/mol. The van der Waals surface area contributed by atoms with Crippen LogP contribution in [0.25, 0.3) is 0 Å². The van der Waals surface area contributed by atoms with Gasteiger partial charge in [0.15, 0.2) is 0 Å². The Kier molecular flexibility index (Phi) is 15.2. The molecule has 0 spiro atoms. The molecule has 0 rings (SSSR count). The van der Waals surface area contributed by atoms with Gasteiger partial charge >= 0.3 is 0 Å². The Labute approximate surface area is 126 Å². The van der Waals surface area contributed by atoms with Gasteiger partial charge in [-0.05, 0) is 33.5 Å². The lowest BCUT2D eigenvalue weighted by Crippen LogP contribution is -2.12. The minimum absolute atomic E-state index is 0.0887. The molecule has 20 heavy (non-hydrogen) atoms. The number of rotatable bonds is 15. The van der Waals surface area contributed by atoms with E-state index in [1.54, 1.807) is 0 Å². The first-order valence-corrected chi connectivity index (χ1v) is 8.60. The van der Waals surface area contributed by atoms with Crippen molar-refractivity contribution >= 4 is 0 Å². The average molecular weight is 287 g/mol. The van der Waals surface area contributed by atoms with E-state index in [9.17, 15) is 5.11 Å². The Morgan fingerprint density at radius 3 is 1.50 bits per heavy atom. The molecule has 0 fully saturated rings. The molecule has 0 bridgehead atoms. The highest BCUT2D eigenvalue weighted by Crippen LogP contribution is 2.12. The van der Waals surface area contributed by atoms with Gasteiger partial charge < -0.3 is 15.1 Å². The summed E-state index contributed by atoms with van der Waals surface area (Å²) < 4.78 is 0. The molecule has 1 atom stereocenters. The molecule has 122 valence electrons. The molecule has 0 aliphatic heterocycles. The fraction of sp³-hybridized carbons (Fsp3) is 1.00. The summed E-state index contributed by atoms with van der Waals surface area (Å²) >= 11 is 0. The molecular weight excluding hydrogens is 250 g/mol. The van der Waals surface area contributed by atoms with Crippen molar-refractivity contribution in [3.8, 4) is 0 Å². The van der Waals surface area contributed by atoms with Gasteiger partial charge in [0.25, 0.3) is 0 Å². The fourth-order valence-corrected chi connectivity index (χ4v) is 2.49. The average Bonchev–Trinajstić information content (AvgIpc) is 2.43. The van der Waals surface area contributed by atoms with Crippen molar-refractivity contribution in [1.29, 1.82) is 0 Å². The quantitative estimate of drug-likeness (QED) is 0.452. The summed E-state index contributed by atoms with van der Waals surface area (Å²) in [5.74, 6) is 0. The summed E-state index contributed by atoms with van der Waals surface area (Å²) in [6, 6.07) is 0. The van der Waals surface area contributed by atoms with Crippen LogP contribution in [0.15, 0.2) is 0 Å². The number of unbranched alkanes of at least 4 members (excludes halogenated alkanes) is 10. The number of aliphatic hydroxyl groups excluding tert-OH is 2. The van der Waals surface area contributed by atoms with Crippen molar-refractivity contribution in [2.24, 2.45) is 0 Å². The lowest BCUT2D eigenvalue weighted by atomic mass is 10.0. The maximum absolute atomic E-state index is 9.20. The van der Waals surface area contributed by atoms with Crippen molar-refractivity contribution in [3.05, 3.63) is 0 Å². The highest BCUT2D eigenvalue weighted by molar-refractivity contribution is 4.54. The minimum atomic E-state index is -0.498. The van der Waals surface area contributed by atoms with Crippen LogP contribution in [0.1, 0.15) is 77.0 Å². The molecule has 0 aliphatic carbocycles. The van der Waals surface area contributed by atoms with E-state index in [2.05, 4.69) is 19.0 Å². The van der Waals surface area contributed by atoms with Gasteiger partial charge in [-0.1, -0.05) is 64.2 Å². The molecule has 0 heterocycles. The van der Waals surface area contributed by atoms with Crippen LogP contribution in [0.5, 0.6) is 0 Å². The Hall–Kier alpha value is -0.120. The zero-order valence-corrected chi connectivity index (χ0v) is 13.8. The number of hydrogen-bond donors (Lipinski definition) is 2. The zero-order chi connectivity index (χ0) is 15.1. The van der Waals surface area contributed by atoms with Crippen LogP contribution in [0.4, 0.5) is 0 Å². The smallest absolute Gasteiger partial charge is 0.0770 e. The molecular formula is C17H37NO2. The SMILES string of the molecule is CN(C)CCCCCCCCCCCCCC(O)CO. The molecule has 3 nitrogen and oxygen atoms in total. The zero-order valence-electron chi connectivity index (χ0n) is 13.8. The van der Waals surface area contributed by atoms with E-state index < -0.39 is 6.10 Å². The van der Waals surface area contributed by atoms with Crippen molar-refractivity contribution < 1.29 is 10.2 Å². The molecule has 0 amide bonds. The van der Waals surface area contributed by atoms with Crippen LogP contribution in [-0.2, 0) is 0 Å². The van der Waals surface area contributed by atoms with Crippen LogP contribution in [-0.4, -0.2) is 48.5 Å². The van der Waals surface area contributed by atoms with Gasteiger partial charge in [-0.15, -0.1) is 0 Å². The number of aliphatic hydroxyl groups is 2. The molecule has 2 N–H and O–H groups in total. The van der Waals surface area contributed by atoms with Gasteiger partial charge in [0.2, 0.25) is 0 Å². The summed E-state index contributed by atoms with van der Waals surface area (Å²) in [6.45, 7) is 1.14. The number of nitrogens with zero attached hydrogens (tertiary/aromatic N) is 1. The van der Waals surface area contributed by atoms with E-state index in [1.165, 1.54) is 70.8 Å². The van der Waals surface area contributed by atoms with Crippen LogP contribution < -0.4 is 0 Å². The van der Waals surface area contributed by atoms with E-state index in [0.29, 0.717) is 0 Å². The maximum atomic E-state index is 9.20. The first-order valence-electron chi connectivity index (χ1n) is 8.60. The van der Waals surface area contributed by atoms with Crippen LogP contribution >= 0.6 is 0 Å². The largest absolute Gasteiger partial charge is 0.394 e. The van der Waals surface area contributed by atoms with Crippen molar-refractivity contribution in [2.45, 2.75) is 83.2 Å². The van der Waals surface area contributed by atoms with E-state index >= 15 is 0 Å². The third kappa shape index (κ3) is 15.9. The predicted octanol–water partition coefficient (Wildman–Crippen LogP) is 3.58. The molecule has 0 radical (unpaired) electrons. The molecule has 1 unspecified atom stereocenters. The van der Waals surface area contributed by atoms with Crippen LogP contribution in [0.3, 0.4) is 0 Å². The highest BCUT2D eigenvalue weighted by Gasteiger charge is 2.00. The summed E-state index contributed by atoms with van der Waals surface area (Å²) in [5, 5.41) is 17.9. The topological polar surface area (TPSA) is 43.7 Å². The second-order valence-corrected chi connectivity index (χ2v) is 6.32. The van der Waals surface area contributed by atoms with Gasteiger partial charge in [0.1, 0.15) is 0 Å². The van der Waals surface area contributed by atoms with Crippen LogP contribution in [0.2, 0.25) is 0 Å². The summed E-state index contributed by atoms with van der Waals surface area (Å²) in [6.07, 6.45) is 14.8. The van der Waals surface area contributed by atoms with Crippen LogP contribution in [0, 0.1) is 0 Å². The maximum Gasteiger partial charge on any atom is 0.0770 e. The van der Waals surface area contributed by atoms with Gasteiger partial charge in [0.05, 0.1) is 12.7 Å². The highest BCUT2D eigenvalue weighted by atomic mass is 16.3. The normalized spacial score (nSPS) is 13.1. The van der Waals surface area contributed by atoms with E-state index in [-0.39, 0.29) is 6.61 Å². The number of hydrogen-bond acceptors (Lipinski definition) is 3. The lowest BCUT2D eigenvalue weighted by molar-refractivity contribution is 0.0860. The molecule has 0 aromatic carbocycles. The van der Waals surface area contributed by atoms with Gasteiger partial charge in [-0.2, -0.15) is 0 Å². The van der Waals surface area contributed by atoms with E-state index in [4.69, 9.17) is 5.11 Å². The third-order valence-corrected chi connectivity index (χ3v) is 3.85. The lowest BCUT2D eigenvalue weighted by Gasteiger charge is -2.08. The summed E-state index contributed by atoms with van der Waals surface area (Å²) in [4.78, 5) is 2.26. The van der Waals surface area contributed by atoms with Crippen molar-refractivity contribution in [2.75, 3.05) is 27.2 Å². The Morgan fingerprint density at radius 2 is 1.10 bits per heavy atom. The Balaban J connectivity index is 2.99. The molecule has 0 aliphatic rings. The van der Waals surface area contributed by atoms with E-state index in [1.807, 2.05) is 0 Å². The molecule has 0 aromatic heterocycles. The van der Waals surface area contributed by atoms with Gasteiger partial charge in [0, 0.05) is 0 Å². The van der Waals surface area contributed by atoms with Crippen molar-refractivity contribution in [3.63, 3.8) is 0 Å². The second kappa shape index (κ2) is 15.3. The second-order valence-electron chi connectivity index (χ2n) is 6.32. The third-order valence-electron chi connectivity index (χ3n) is 3.85. The van der Waals surface area contributed by atoms with Gasteiger partial charge in [-0.25, -0.2) is 0 Å². The Bertz CT molecular complexity index is 186. The monoisotopic (exact) mass is 287 g/mol. The Morgan fingerprint density at radius 1 is 0.700 bits per heavy atom. The molecule has 0 saturated heterocycles. The summed E-state index contributed by atoms with van der Waals surface area (Å²) in [7, 11) is 4.29. The molecule has 0 saturated carbocycles. The first-order chi connectivity index (χ1) is 9.66. The minimum Gasteiger partial charge on any atom is -0.394 e. The fourth-order valence-electron chi connectivity index (χ4n) is 2.49. The van der Waals surface area contributed by atoms with E-state index in [0.717, 1.165) is 12.8 Å². The molecule has 0 aromatic rings.